The van der Waals surface area contributed by atoms with Crippen molar-refractivity contribution in [1.29, 1.82) is 0 Å². The third kappa shape index (κ3) is 4.28. The summed E-state index contributed by atoms with van der Waals surface area (Å²) in [5.41, 5.74) is 2.23. The fourth-order valence-electron chi connectivity index (χ4n) is 3.55. The third-order valence-electron chi connectivity index (χ3n) is 5.24. The van der Waals surface area contributed by atoms with Gasteiger partial charge in [-0.2, -0.15) is 0 Å². The molecule has 156 valence electrons. The lowest BCUT2D eigenvalue weighted by molar-refractivity contribution is 0.0617. The lowest BCUT2D eigenvalue weighted by Gasteiger charge is -2.34. The minimum Gasteiger partial charge on any atom is -0.497 e. The second kappa shape index (κ2) is 8.96. The first-order valence-electron chi connectivity index (χ1n) is 9.77. The van der Waals surface area contributed by atoms with E-state index in [-0.39, 0.29) is 5.91 Å². The average molecular weight is 408 g/mol. The number of carbonyl (C=O) groups excluding carboxylic acids is 1. The Bertz CT molecular complexity index is 997. The van der Waals surface area contributed by atoms with E-state index in [0.717, 1.165) is 42.3 Å². The minimum atomic E-state index is -0.113. The molecule has 0 bridgehead atoms. The number of aromatic nitrogens is 2. The summed E-state index contributed by atoms with van der Waals surface area (Å²) in [4.78, 5) is 20.9. The molecule has 4 rings (SSSR count). The summed E-state index contributed by atoms with van der Waals surface area (Å²) in [6.07, 6.45) is 3.35. The molecule has 0 atom stereocenters. The summed E-state index contributed by atoms with van der Waals surface area (Å²) in [5, 5.41) is 3.97. The van der Waals surface area contributed by atoms with Crippen molar-refractivity contribution in [2.75, 3.05) is 40.4 Å². The number of pyridine rings is 1. The van der Waals surface area contributed by atoms with Crippen LogP contribution in [0.1, 0.15) is 16.1 Å². The molecular formula is C22H24N4O4. The van der Waals surface area contributed by atoms with Crippen LogP contribution in [0, 0.1) is 0 Å². The number of ether oxygens (including phenoxy) is 2. The zero-order chi connectivity index (χ0) is 20.9. The molecule has 8 heteroatoms. The van der Waals surface area contributed by atoms with Crippen LogP contribution in [0.2, 0.25) is 0 Å². The molecule has 2 aromatic heterocycles. The van der Waals surface area contributed by atoms with Gasteiger partial charge in [-0.3, -0.25) is 14.7 Å². The Hall–Kier alpha value is -3.39. The van der Waals surface area contributed by atoms with Crippen LogP contribution in [-0.2, 0) is 6.54 Å². The van der Waals surface area contributed by atoms with Gasteiger partial charge in [0.25, 0.3) is 5.91 Å². The zero-order valence-electron chi connectivity index (χ0n) is 17.1. The molecule has 1 aromatic carbocycles. The van der Waals surface area contributed by atoms with E-state index in [9.17, 15) is 4.79 Å². The number of benzene rings is 1. The molecule has 1 fully saturated rings. The van der Waals surface area contributed by atoms with Gasteiger partial charge in [0, 0.05) is 62.3 Å². The highest BCUT2D eigenvalue weighted by Crippen LogP contribution is 2.26. The Kier molecular flexibility index (Phi) is 5.94. The van der Waals surface area contributed by atoms with Gasteiger partial charge in [0.2, 0.25) is 0 Å². The quantitative estimate of drug-likeness (QED) is 0.620. The van der Waals surface area contributed by atoms with Gasteiger partial charge in [0.1, 0.15) is 11.5 Å². The lowest BCUT2D eigenvalue weighted by Crippen LogP contribution is -2.48. The molecule has 0 saturated carbocycles. The van der Waals surface area contributed by atoms with E-state index in [1.165, 1.54) is 0 Å². The molecule has 0 spiro atoms. The van der Waals surface area contributed by atoms with E-state index < -0.39 is 0 Å². The molecule has 1 aliphatic rings. The number of rotatable bonds is 6. The standard InChI is InChI=1S/C22H24N4O4/c1-28-18-3-4-20(29-2)17(13-18)15-25-9-11-26(12-10-25)22(27)19-14-21(30-24-19)16-5-7-23-8-6-16/h3-8,13-14H,9-12,15H2,1-2H3. The van der Waals surface area contributed by atoms with Crippen LogP contribution < -0.4 is 9.47 Å². The van der Waals surface area contributed by atoms with Crippen LogP contribution in [0.5, 0.6) is 11.5 Å². The van der Waals surface area contributed by atoms with Gasteiger partial charge in [0.05, 0.1) is 14.2 Å². The van der Waals surface area contributed by atoms with Gasteiger partial charge in [-0.25, -0.2) is 0 Å². The summed E-state index contributed by atoms with van der Waals surface area (Å²) in [6, 6.07) is 11.1. The lowest BCUT2D eigenvalue weighted by atomic mass is 10.1. The smallest absolute Gasteiger partial charge is 0.276 e. The van der Waals surface area contributed by atoms with Gasteiger partial charge < -0.3 is 18.9 Å². The number of nitrogens with zero attached hydrogens (tertiary/aromatic N) is 4. The van der Waals surface area contributed by atoms with Crippen LogP contribution >= 0.6 is 0 Å². The number of hydrogen-bond acceptors (Lipinski definition) is 7. The van der Waals surface area contributed by atoms with E-state index >= 15 is 0 Å². The maximum Gasteiger partial charge on any atom is 0.276 e. The van der Waals surface area contributed by atoms with Crippen molar-refractivity contribution in [3.8, 4) is 22.8 Å². The molecule has 0 N–H and O–H groups in total. The monoisotopic (exact) mass is 408 g/mol. The maximum atomic E-state index is 12.8. The third-order valence-corrected chi connectivity index (χ3v) is 5.24. The summed E-state index contributed by atoms with van der Waals surface area (Å²) in [7, 11) is 3.32. The van der Waals surface area contributed by atoms with Gasteiger partial charge in [-0.15, -0.1) is 0 Å². The second-order valence-corrected chi connectivity index (χ2v) is 7.06. The van der Waals surface area contributed by atoms with Crippen molar-refractivity contribution in [1.82, 2.24) is 19.9 Å². The molecule has 1 saturated heterocycles. The molecule has 0 aliphatic carbocycles. The van der Waals surface area contributed by atoms with Crippen molar-refractivity contribution in [2.45, 2.75) is 6.54 Å². The van der Waals surface area contributed by atoms with Crippen LogP contribution in [0.25, 0.3) is 11.3 Å². The van der Waals surface area contributed by atoms with Crippen molar-refractivity contribution in [3.05, 3.63) is 60.0 Å². The Morgan fingerprint density at radius 1 is 1.03 bits per heavy atom. The Morgan fingerprint density at radius 2 is 1.80 bits per heavy atom. The Balaban J connectivity index is 1.37. The van der Waals surface area contributed by atoms with Crippen molar-refractivity contribution >= 4 is 5.91 Å². The summed E-state index contributed by atoms with van der Waals surface area (Å²) in [6.45, 7) is 3.52. The van der Waals surface area contributed by atoms with Crippen LogP contribution in [0.4, 0.5) is 0 Å². The number of carbonyl (C=O) groups is 1. The Labute approximate surface area is 175 Å². The predicted molar refractivity (Wildman–Crippen MR) is 110 cm³/mol. The van der Waals surface area contributed by atoms with E-state index in [1.807, 2.05) is 35.2 Å². The summed E-state index contributed by atoms with van der Waals surface area (Å²) < 4.78 is 16.2. The highest BCUT2D eigenvalue weighted by atomic mass is 16.5. The topological polar surface area (TPSA) is 80.9 Å². The number of hydrogen-bond donors (Lipinski definition) is 0. The van der Waals surface area contributed by atoms with E-state index in [1.54, 1.807) is 32.7 Å². The van der Waals surface area contributed by atoms with Crippen LogP contribution in [-0.4, -0.2) is 66.2 Å². The number of methoxy groups -OCH3 is 2. The molecule has 3 heterocycles. The van der Waals surface area contributed by atoms with Crippen LogP contribution in [0.15, 0.2) is 53.3 Å². The Morgan fingerprint density at radius 3 is 2.50 bits per heavy atom. The summed E-state index contributed by atoms with van der Waals surface area (Å²) in [5.74, 6) is 2.08. The molecule has 8 nitrogen and oxygen atoms in total. The molecule has 3 aromatic rings. The van der Waals surface area contributed by atoms with E-state index in [4.69, 9.17) is 14.0 Å². The summed E-state index contributed by atoms with van der Waals surface area (Å²) >= 11 is 0. The number of amides is 1. The van der Waals surface area contributed by atoms with Gasteiger partial charge in [-0.05, 0) is 30.3 Å². The SMILES string of the molecule is COc1ccc(OC)c(CN2CCN(C(=O)c3cc(-c4ccncc4)on3)CC2)c1. The first-order chi connectivity index (χ1) is 14.7. The van der Waals surface area contributed by atoms with Crippen molar-refractivity contribution in [3.63, 3.8) is 0 Å². The minimum absolute atomic E-state index is 0.113. The largest absolute Gasteiger partial charge is 0.497 e. The van der Waals surface area contributed by atoms with E-state index in [2.05, 4.69) is 15.0 Å². The highest BCUT2D eigenvalue weighted by molar-refractivity contribution is 5.93. The second-order valence-electron chi connectivity index (χ2n) is 7.06. The molecule has 30 heavy (non-hydrogen) atoms. The van der Waals surface area contributed by atoms with Gasteiger partial charge in [-0.1, -0.05) is 5.16 Å². The molecule has 0 unspecified atom stereocenters. The zero-order valence-corrected chi connectivity index (χ0v) is 17.1. The first-order valence-corrected chi connectivity index (χ1v) is 9.77. The normalized spacial score (nSPS) is 14.5. The molecule has 0 radical (unpaired) electrons. The molecule has 1 aliphatic heterocycles. The predicted octanol–water partition coefficient (Wildman–Crippen LogP) is 2.71. The fourth-order valence-corrected chi connectivity index (χ4v) is 3.55. The average Bonchev–Trinajstić information content (AvgIpc) is 3.30. The molecule has 1 amide bonds. The van der Waals surface area contributed by atoms with Crippen LogP contribution in [0.3, 0.4) is 0 Å². The number of piperazine rings is 1. The molecular weight excluding hydrogens is 384 g/mol. The van der Waals surface area contributed by atoms with Gasteiger partial charge >= 0.3 is 0 Å². The maximum absolute atomic E-state index is 12.8. The first kappa shape index (κ1) is 19.9. The highest BCUT2D eigenvalue weighted by Gasteiger charge is 2.25. The fraction of sp³-hybridized carbons (Fsp3) is 0.318. The van der Waals surface area contributed by atoms with Crippen molar-refractivity contribution < 1.29 is 18.8 Å². The van der Waals surface area contributed by atoms with Crippen molar-refractivity contribution in [2.24, 2.45) is 0 Å². The van der Waals surface area contributed by atoms with Gasteiger partial charge in [0.15, 0.2) is 11.5 Å². The van der Waals surface area contributed by atoms with E-state index in [0.29, 0.717) is 24.5 Å².